The molecule has 1 aromatic carbocycles. The molecule has 1 atom stereocenters. The third-order valence-corrected chi connectivity index (χ3v) is 5.02. The van der Waals surface area contributed by atoms with E-state index in [1.54, 1.807) is 29.2 Å². The lowest BCUT2D eigenvalue weighted by Crippen LogP contribution is -2.50. The molecule has 2 heterocycles. The van der Waals surface area contributed by atoms with Crippen LogP contribution in [0.15, 0.2) is 24.3 Å². The van der Waals surface area contributed by atoms with Crippen molar-refractivity contribution in [2.24, 2.45) is 0 Å². The molecular weight excluding hydrogens is 360 g/mol. The lowest BCUT2D eigenvalue weighted by atomic mass is 10.1. The van der Waals surface area contributed by atoms with Gasteiger partial charge in [-0.05, 0) is 31.0 Å². The zero-order valence-electron chi connectivity index (χ0n) is 14.5. The summed E-state index contributed by atoms with van der Waals surface area (Å²) < 4.78 is 30.2. The first-order chi connectivity index (χ1) is 12.3. The summed E-state index contributed by atoms with van der Waals surface area (Å²) >= 11 is 0. The van der Waals surface area contributed by atoms with Crippen molar-refractivity contribution in [1.82, 2.24) is 9.62 Å². The van der Waals surface area contributed by atoms with E-state index in [0.29, 0.717) is 44.0 Å². The fraction of sp³-hybridized carbons (Fsp3) is 0.500. The maximum absolute atomic E-state index is 12.5. The predicted octanol–water partition coefficient (Wildman–Crippen LogP) is 1.19. The zero-order chi connectivity index (χ0) is 18.7. The minimum absolute atomic E-state index is 0.282. The molecule has 0 bridgehead atoms. The molecule has 0 radical (unpaired) electrons. The fourth-order valence-corrected chi connectivity index (χ4v) is 3.94. The molecule has 2 saturated heterocycles. The third kappa shape index (κ3) is 4.64. The highest BCUT2D eigenvalue weighted by Crippen LogP contribution is 2.23. The number of amides is 3. The SMILES string of the molecule is CS(=O)(=O)NC1CCCN(C(=O)Nc2cccc(N3CCOC3=O)c2)C1. The van der Waals surface area contributed by atoms with Crippen molar-refractivity contribution in [2.45, 2.75) is 18.9 Å². The van der Waals surface area contributed by atoms with Crippen LogP contribution in [0.1, 0.15) is 12.8 Å². The van der Waals surface area contributed by atoms with Gasteiger partial charge in [0.1, 0.15) is 6.61 Å². The van der Waals surface area contributed by atoms with Crippen molar-refractivity contribution < 1.29 is 22.7 Å². The molecule has 0 spiro atoms. The fourth-order valence-electron chi connectivity index (χ4n) is 3.14. The van der Waals surface area contributed by atoms with E-state index in [0.717, 1.165) is 12.7 Å². The van der Waals surface area contributed by atoms with Gasteiger partial charge in [0.25, 0.3) is 0 Å². The molecule has 0 saturated carbocycles. The van der Waals surface area contributed by atoms with E-state index in [2.05, 4.69) is 10.0 Å². The minimum Gasteiger partial charge on any atom is -0.447 e. The van der Waals surface area contributed by atoms with Crippen molar-refractivity contribution in [1.29, 1.82) is 0 Å². The number of nitrogens with zero attached hydrogens (tertiary/aromatic N) is 2. The second-order valence-corrected chi connectivity index (χ2v) is 8.20. The number of ether oxygens (including phenoxy) is 1. The molecule has 142 valence electrons. The monoisotopic (exact) mass is 382 g/mol. The first kappa shape index (κ1) is 18.5. The van der Waals surface area contributed by atoms with Crippen molar-refractivity contribution in [3.8, 4) is 0 Å². The molecule has 26 heavy (non-hydrogen) atoms. The van der Waals surface area contributed by atoms with E-state index in [9.17, 15) is 18.0 Å². The summed E-state index contributed by atoms with van der Waals surface area (Å²) in [4.78, 5) is 27.3. The van der Waals surface area contributed by atoms with Crippen LogP contribution in [0, 0.1) is 0 Å². The topological polar surface area (TPSA) is 108 Å². The van der Waals surface area contributed by atoms with Crippen molar-refractivity contribution in [3.05, 3.63) is 24.3 Å². The Morgan fingerprint density at radius 3 is 2.81 bits per heavy atom. The number of urea groups is 1. The van der Waals surface area contributed by atoms with Gasteiger partial charge in [-0.25, -0.2) is 22.7 Å². The number of sulfonamides is 1. The number of cyclic esters (lactones) is 1. The van der Waals surface area contributed by atoms with E-state index in [1.807, 2.05) is 0 Å². The summed E-state index contributed by atoms with van der Waals surface area (Å²) in [5.74, 6) is 0. The number of piperidine rings is 1. The highest BCUT2D eigenvalue weighted by molar-refractivity contribution is 7.88. The Kier molecular flexibility index (Phi) is 5.33. The molecule has 0 aliphatic carbocycles. The molecule has 2 fully saturated rings. The largest absolute Gasteiger partial charge is 0.447 e. The quantitative estimate of drug-likeness (QED) is 0.813. The minimum atomic E-state index is -3.31. The molecular formula is C16H22N4O5S. The average Bonchev–Trinajstić information content (AvgIpc) is 3.00. The van der Waals surface area contributed by atoms with E-state index in [4.69, 9.17) is 4.74 Å². The van der Waals surface area contributed by atoms with Gasteiger partial charge in [0.05, 0.1) is 12.8 Å². The van der Waals surface area contributed by atoms with Crippen LogP contribution in [0.5, 0.6) is 0 Å². The Hall–Kier alpha value is -2.33. The van der Waals surface area contributed by atoms with Crippen molar-refractivity contribution in [2.75, 3.05) is 42.7 Å². The van der Waals surface area contributed by atoms with Gasteiger partial charge in [0.15, 0.2) is 0 Å². The second kappa shape index (κ2) is 7.50. The second-order valence-electron chi connectivity index (χ2n) is 6.42. The van der Waals surface area contributed by atoms with Crippen LogP contribution in [-0.2, 0) is 14.8 Å². The van der Waals surface area contributed by atoms with Crippen LogP contribution in [0.25, 0.3) is 0 Å². The Bertz CT molecular complexity index is 798. The summed E-state index contributed by atoms with van der Waals surface area (Å²) in [6, 6.07) is 6.39. The summed E-state index contributed by atoms with van der Waals surface area (Å²) in [7, 11) is -3.31. The van der Waals surface area contributed by atoms with Gasteiger partial charge < -0.3 is 15.0 Å². The number of nitrogens with one attached hydrogen (secondary N) is 2. The molecule has 2 aliphatic rings. The van der Waals surface area contributed by atoms with Gasteiger partial charge in [-0.1, -0.05) is 6.07 Å². The number of rotatable bonds is 4. The molecule has 0 aromatic heterocycles. The molecule has 1 unspecified atom stereocenters. The summed E-state index contributed by atoms with van der Waals surface area (Å²) in [5, 5.41) is 2.80. The van der Waals surface area contributed by atoms with Gasteiger partial charge in [-0.2, -0.15) is 0 Å². The van der Waals surface area contributed by atoms with Gasteiger partial charge in [-0.3, -0.25) is 4.90 Å². The highest BCUT2D eigenvalue weighted by atomic mass is 32.2. The Balaban J connectivity index is 1.63. The highest BCUT2D eigenvalue weighted by Gasteiger charge is 2.26. The van der Waals surface area contributed by atoms with Gasteiger partial charge in [0, 0.05) is 30.5 Å². The molecule has 2 aliphatic heterocycles. The molecule has 1 aromatic rings. The normalized spacial score (nSPS) is 20.8. The van der Waals surface area contributed by atoms with Gasteiger partial charge in [-0.15, -0.1) is 0 Å². The first-order valence-corrected chi connectivity index (χ1v) is 10.3. The van der Waals surface area contributed by atoms with Crippen molar-refractivity contribution >= 4 is 33.5 Å². The number of carbonyl (C=O) groups excluding carboxylic acids is 2. The third-order valence-electron chi connectivity index (χ3n) is 4.26. The lowest BCUT2D eigenvalue weighted by molar-refractivity contribution is 0.181. The smallest absolute Gasteiger partial charge is 0.414 e. The Labute approximate surface area is 152 Å². The van der Waals surface area contributed by atoms with E-state index in [1.165, 1.54) is 4.90 Å². The Morgan fingerprint density at radius 2 is 2.12 bits per heavy atom. The van der Waals surface area contributed by atoms with E-state index < -0.39 is 16.1 Å². The van der Waals surface area contributed by atoms with Crippen LogP contribution >= 0.6 is 0 Å². The number of carbonyl (C=O) groups is 2. The number of likely N-dealkylation sites (tertiary alicyclic amines) is 1. The molecule has 3 rings (SSSR count). The van der Waals surface area contributed by atoms with Crippen LogP contribution in [-0.4, -0.2) is 64.0 Å². The first-order valence-electron chi connectivity index (χ1n) is 8.39. The van der Waals surface area contributed by atoms with Crippen LogP contribution in [0.2, 0.25) is 0 Å². The average molecular weight is 382 g/mol. The van der Waals surface area contributed by atoms with E-state index in [-0.39, 0.29) is 12.1 Å². The van der Waals surface area contributed by atoms with E-state index >= 15 is 0 Å². The zero-order valence-corrected chi connectivity index (χ0v) is 15.3. The summed E-state index contributed by atoms with van der Waals surface area (Å²) in [6.07, 6.45) is 2.13. The summed E-state index contributed by atoms with van der Waals surface area (Å²) in [5.41, 5.74) is 1.21. The maximum Gasteiger partial charge on any atom is 0.414 e. The van der Waals surface area contributed by atoms with Crippen LogP contribution < -0.4 is 14.9 Å². The molecule has 2 N–H and O–H groups in total. The predicted molar refractivity (Wildman–Crippen MR) is 96.7 cm³/mol. The molecule has 9 nitrogen and oxygen atoms in total. The van der Waals surface area contributed by atoms with Crippen LogP contribution in [0.3, 0.4) is 0 Å². The number of hydrogen-bond acceptors (Lipinski definition) is 5. The maximum atomic E-state index is 12.5. The Morgan fingerprint density at radius 1 is 1.31 bits per heavy atom. The van der Waals surface area contributed by atoms with Gasteiger partial charge in [0.2, 0.25) is 10.0 Å². The van der Waals surface area contributed by atoms with Crippen molar-refractivity contribution in [3.63, 3.8) is 0 Å². The number of anilines is 2. The number of benzene rings is 1. The standard InChI is InChI=1S/C16H22N4O5S/c1-26(23,24)18-13-5-3-7-19(11-13)15(21)17-12-4-2-6-14(10-12)20-8-9-25-16(20)22/h2,4,6,10,13,18H,3,5,7-9,11H2,1H3,(H,17,21). The summed E-state index contributed by atoms with van der Waals surface area (Å²) in [6.45, 7) is 1.70. The van der Waals surface area contributed by atoms with Crippen LogP contribution in [0.4, 0.5) is 21.0 Å². The molecule has 10 heteroatoms. The molecule has 3 amide bonds. The lowest BCUT2D eigenvalue weighted by Gasteiger charge is -2.32. The van der Waals surface area contributed by atoms with Gasteiger partial charge >= 0.3 is 12.1 Å². The number of hydrogen-bond donors (Lipinski definition) is 2.